The average molecular weight is 228 g/mol. The summed E-state index contributed by atoms with van der Waals surface area (Å²) < 4.78 is 5.23. The molecule has 84 valence electrons. The third-order valence-electron chi connectivity index (χ3n) is 2.28. The van der Waals surface area contributed by atoms with Gasteiger partial charge in [0.1, 0.15) is 5.75 Å². The lowest BCUT2D eigenvalue weighted by molar-refractivity contribution is 0.410. The van der Waals surface area contributed by atoms with Crippen LogP contribution in [0, 0.1) is 6.92 Å². The first-order valence-electron chi connectivity index (χ1n) is 4.70. The van der Waals surface area contributed by atoms with Gasteiger partial charge in [-0.15, -0.1) is 19.0 Å². The van der Waals surface area contributed by atoms with Crippen LogP contribution in [-0.2, 0) is 0 Å². The Balaban J connectivity index is 0.00000196. The predicted molar refractivity (Wildman–Crippen MR) is 66.7 cm³/mol. The fourth-order valence-electron chi connectivity index (χ4n) is 1.38. The molecule has 0 radical (unpaired) electrons. The smallest absolute Gasteiger partial charge is 0.122 e. The van der Waals surface area contributed by atoms with Gasteiger partial charge in [-0.25, -0.2) is 0 Å². The molecule has 1 atom stereocenters. The lowest BCUT2D eigenvalue weighted by atomic mass is 10.0. The van der Waals surface area contributed by atoms with Gasteiger partial charge in [0.05, 0.1) is 7.11 Å². The summed E-state index contributed by atoms with van der Waals surface area (Å²) in [4.78, 5) is 0. The fourth-order valence-corrected chi connectivity index (χ4v) is 1.38. The Morgan fingerprint density at radius 3 is 2.73 bits per heavy atom. The molecule has 15 heavy (non-hydrogen) atoms. The van der Waals surface area contributed by atoms with Crippen molar-refractivity contribution >= 4 is 12.4 Å². The van der Waals surface area contributed by atoms with Gasteiger partial charge in [-0.2, -0.15) is 0 Å². The first kappa shape index (κ1) is 14.0. The summed E-state index contributed by atoms with van der Waals surface area (Å²) in [5.74, 6) is 0.891. The number of halogens is 1. The Bertz CT molecular complexity index is 325. The Labute approximate surface area is 97.5 Å². The van der Waals surface area contributed by atoms with Gasteiger partial charge < -0.3 is 10.5 Å². The van der Waals surface area contributed by atoms with Gasteiger partial charge in [-0.1, -0.05) is 18.2 Å². The highest BCUT2D eigenvalue weighted by Gasteiger charge is 2.06. The molecule has 2 nitrogen and oxygen atoms in total. The normalized spacial score (nSPS) is 11.4. The van der Waals surface area contributed by atoms with E-state index in [-0.39, 0.29) is 18.4 Å². The van der Waals surface area contributed by atoms with Crippen LogP contribution in [0.4, 0.5) is 0 Å². The first-order chi connectivity index (χ1) is 6.69. The summed E-state index contributed by atoms with van der Waals surface area (Å²) in [6, 6.07) is 6.06. The van der Waals surface area contributed by atoms with Crippen LogP contribution in [0.2, 0.25) is 0 Å². The fraction of sp³-hybridized carbons (Fsp3) is 0.333. The summed E-state index contributed by atoms with van der Waals surface area (Å²) in [5, 5.41) is 0. The van der Waals surface area contributed by atoms with Crippen molar-refractivity contribution in [3.63, 3.8) is 0 Å². The maximum atomic E-state index is 5.95. The molecule has 0 aliphatic heterocycles. The highest BCUT2D eigenvalue weighted by atomic mass is 35.5. The third-order valence-corrected chi connectivity index (χ3v) is 2.28. The summed E-state index contributed by atoms with van der Waals surface area (Å²) >= 11 is 0. The van der Waals surface area contributed by atoms with E-state index in [9.17, 15) is 0 Å². The Hall–Kier alpha value is -0.990. The molecule has 1 aromatic rings. The lowest BCUT2D eigenvalue weighted by Gasteiger charge is -2.12. The number of methoxy groups -OCH3 is 1. The molecule has 0 spiro atoms. The van der Waals surface area contributed by atoms with E-state index >= 15 is 0 Å². The van der Waals surface area contributed by atoms with Gasteiger partial charge in [-0.05, 0) is 30.5 Å². The van der Waals surface area contributed by atoms with E-state index in [1.165, 1.54) is 0 Å². The molecule has 0 aromatic heterocycles. The maximum absolute atomic E-state index is 5.95. The van der Waals surface area contributed by atoms with E-state index in [1.54, 1.807) is 7.11 Å². The minimum atomic E-state index is 0. The topological polar surface area (TPSA) is 35.2 Å². The van der Waals surface area contributed by atoms with Crippen LogP contribution >= 0.6 is 12.4 Å². The number of rotatable bonds is 4. The largest absolute Gasteiger partial charge is 0.496 e. The van der Waals surface area contributed by atoms with Crippen LogP contribution in [0.5, 0.6) is 5.75 Å². The van der Waals surface area contributed by atoms with E-state index in [0.717, 1.165) is 23.3 Å². The zero-order chi connectivity index (χ0) is 10.6. The van der Waals surface area contributed by atoms with Crippen molar-refractivity contribution in [1.29, 1.82) is 0 Å². The van der Waals surface area contributed by atoms with Crippen molar-refractivity contribution in [3.05, 3.63) is 42.0 Å². The molecule has 3 heteroatoms. The van der Waals surface area contributed by atoms with Crippen molar-refractivity contribution in [1.82, 2.24) is 0 Å². The first-order valence-corrected chi connectivity index (χ1v) is 4.70. The second-order valence-corrected chi connectivity index (χ2v) is 3.36. The summed E-state index contributed by atoms with van der Waals surface area (Å²) in [6.07, 6.45) is 2.61. The third kappa shape index (κ3) is 3.57. The highest BCUT2D eigenvalue weighted by molar-refractivity contribution is 5.85. The monoisotopic (exact) mass is 227 g/mol. The molecule has 0 bridgehead atoms. The summed E-state index contributed by atoms with van der Waals surface area (Å²) in [5.41, 5.74) is 8.17. The molecular formula is C12H18ClNO. The minimum Gasteiger partial charge on any atom is -0.496 e. The van der Waals surface area contributed by atoms with Crippen LogP contribution < -0.4 is 10.5 Å². The molecule has 0 amide bonds. The van der Waals surface area contributed by atoms with Crippen LogP contribution in [0.15, 0.2) is 30.9 Å². The molecule has 0 aliphatic carbocycles. The van der Waals surface area contributed by atoms with Crippen molar-refractivity contribution in [2.75, 3.05) is 7.11 Å². The van der Waals surface area contributed by atoms with Crippen LogP contribution in [0.25, 0.3) is 0 Å². The highest BCUT2D eigenvalue weighted by Crippen LogP contribution is 2.23. The number of hydrogen-bond donors (Lipinski definition) is 1. The predicted octanol–water partition coefficient (Wildman–Crippen LogP) is 3.00. The maximum Gasteiger partial charge on any atom is 0.122 e. The van der Waals surface area contributed by atoms with Crippen molar-refractivity contribution in [2.24, 2.45) is 5.73 Å². The van der Waals surface area contributed by atoms with Gasteiger partial charge >= 0.3 is 0 Å². The lowest BCUT2D eigenvalue weighted by Crippen LogP contribution is -2.09. The molecule has 2 N–H and O–H groups in total. The Kier molecular flexibility index (Phi) is 6.06. The zero-order valence-electron chi connectivity index (χ0n) is 9.19. The van der Waals surface area contributed by atoms with Gasteiger partial charge in [-0.3, -0.25) is 0 Å². The standard InChI is InChI=1S/C12H17NO.ClH/c1-4-5-11(13)10-7-6-9(2)12(8-10)14-3;/h4,6-8,11H,1,5,13H2,2-3H3;1H/t11-;/m0./s1. The van der Waals surface area contributed by atoms with Gasteiger partial charge in [0.2, 0.25) is 0 Å². The summed E-state index contributed by atoms with van der Waals surface area (Å²) in [7, 11) is 1.67. The van der Waals surface area contributed by atoms with E-state index in [1.807, 2.05) is 31.2 Å². The Morgan fingerprint density at radius 2 is 2.20 bits per heavy atom. The van der Waals surface area contributed by atoms with Crippen molar-refractivity contribution in [3.8, 4) is 5.75 Å². The molecule has 1 rings (SSSR count). The van der Waals surface area contributed by atoms with Gasteiger partial charge in [0, 0.05) is 6.04 Å². The Morgan fingerprint density at radius 1 is 1.53 bits per heavy atom. The van der Waals surface area contributed by atoms with E-state index in [0.29, 0.717) is 0 Å². The van der Waals surface area contributed by atoms with Crippen molar-refractivity contribution < 1.29 is 4.74 Å². The van der Waals surface area contributed by atoms with Crippen LogP contribution in [0.3, 0.4) is 0 Å². The molecule has 1 aromatic carbocycles. The summed E-state index contributed by atoms with van der Waals surface area (Å²) in [6.45, 7) is 5.69. The van der Waals surface area contributed by atoms with Crippen LogP contribution in [-0.4, -0.2) is 7.11 Å². The van der Waals surface area contributed by atoms with Gasteiger partial charge in [0.25, 0.3) is 0 Å². The van der Waals surface area contributed by atoms with Gasteiger partial charge in [0.15, 0.2) is 0 Å². The number of nitrogens with two attached hydrogens (primary N) is 1. The molecule has 0 heterocycles. The second-order valence-electron chi connectivity index (χ2n) is 3.36. The number of benzene rings is 1. The molecule has 0 fully saturated rings. The molecule has 0 saturated carbocycles. The quantitative estimate of drug-likeness (QED) is 0.803. The SMILES string of the molecule is C=CC[C@H](N)c1ccc(C)c(OC)c1.Cl. The average Bonchev–Trinajstić information content (AvgIpc) is 2.19. The van der Waals surface area contributed by atoms with E-state index < -0.39 is 0 Å². The number of ether oxygens (including phenoxy) is 1. The number of aryl methyl sites for hydroxylation is 1. The van der Waals surface area contributed by atoms with Crippen LogP contribution in [0.1, 0.15) is 23.6 Å². The number of hydrogen-bond acceptors (Lipinski definition) is 2. The second kappa shape index (κ2) is 6.49. The van der Waals surface area contributed by atoms with E-state index in [2.05, 4.69) is 6.58 Å². The molecule has 0 aliphatic rings. The molecule has 0 unspecified atom stereocenters. The molecular weight excluding hydrogens is 210 g/mol. The molecule has 0 saturated heterocycles. The minimum absolute atomic E-state index is 0. The zero-order valence-corrected chi connectivity index (χ0v) is 10.0. The van der Waals surface area contributed by atoms with Crippen molar-refractivity contribution in [2.45, 2.75) is 19.4 Å². The van der Waals surface area contributed by atoms with E-state index in [4.69, 9.17) is 10.5 Å².